The second kappa shape index (κ2) is 15.8. The standard InChI is InChI=1S/C43H49N3O6S2/c1-6-44-52-54(50,51)31-17-29-46-37-27-25-33-19-13-15-21-35(33)41(37)43(4,5)39(46)23-11-9-7-8-10-22-38-42(2,3)40-34-20-14-12-18-32(34)24-26-36(40)45(38)28-16-30-53(47,48)49/h7-15,18-27,44H,6,16-17,28-31H2,1-5H3. The summed E-state index contributed by atoms with van der Waals surface area (Å²) in [6, 6.07) is 25.0. The van der Waals surface area contributed by atoms with E-state index >= 15 is 0 Å². The molecule has 0 amide bonds. The van der Waals surface area contributed by atoms with Gasteiger partial charge in [0, 0.05) is 59.8 Å². The Balaban J connectivity index is 1.26. The summed E-state index contributed by atoms with van der Waals surface area (Å²) < 4.78 is 66.3. The summed E-state index contributed by atoms with van der Waals surface area (Å²) in [7, 11) is -8.03. The van der Waals surface area contributed by atoms with E-state index < -0.39 is 26.0 Å². The van der Waals surface area contributed by atoms with E-state index in [0.29, 0.717) is 26.1 Å². The van der Waals surface area contributed by atoms with Crippen molar-refractivity contribution in [1.82, 2.24) is 5.48 Å². The molecule has 11 heteroatoms. The summed E-state index contributed by atoms with van der Waals surface area (Å²) in [6.07, 6.45) is 14.7. The van der Waals surface area contributed by atoms with E-state index in [0.717, 1.165) is 38.9 Å². The van der Waals surface area contributed by atoms with Gasteiger partial charge in [0.15, 0.2) is 5.71 Å². The molecule has 2 heterocycles. The third-order valence-electron chi connectivity index (χ3n) is 10.3. The van der Waals surface area contributed by atoms with Gasteiger partial charge in [0.2, 0.25) is 5.69 Å². The molecule has 6 rings (SSSR count). The maximum absolute atomic E-state index is 12.4. The van der Waals surface area contributed by atoms with Crippen LogP contribution >= 0.6 is 0 Å². The number of hydrogen-bond acceptors (Lipinski definition) is 8. The molecule has 2 aliphatic rings. The first-order valence-electron chi connectivity index (χ1n) is 18.4. The summed E-state index contributed by atoms with van der Waals surface area (Å²) in [4.78, 5) is 2.23. The zero-order chi connectivity index (χ0) is 38.7. The Hall–Kier alpha value is -4.39. The minimum absolute atomic E-state index is 0.107. The predicted octanol–water partition coefficient (Wildman–Crippen LogP) is 7.92. The normalized spacial score (nSPS) is 17.7. The van der Waals surface area contributed by atoms with Crippen molar-refractivity contribution in [3.8, 4) is 0 Å². The van der Waals surface area contributed by atoms with Gasteiger partial charge in [-0.25, -0.2) is 8.42 Å². The van der Waals surface area contributed by atoms with Crippen molar-refractivity contribution >= 4 is 58.9 Å². The molecule has 0 radical (unpaired) electrons. The maximum atomic E-state index is 12.4. The van der Waals surface area contributed by atoms with E-state index in [2.05, 4.69) is 109 Å². The zero-order valence-electron chi connectivity index (χ0n) is 31.6. The van der Waals surface area contributed by atoms with E-state index in [1.807, 2.05) is 48.6 Å². The Morgan fingerprint density at radius 2 is 1.39 bits per heavy atom. The summed E-state index contributed by atoms with van der Waals surface area (Å²) in [5.41, 5.74) is 8.33. The molecule has 0 saturated heterocycles. The molecule has 4 aromatic carbocycles. The molecular formula is C43H49N3O6S2. The highest BCUT2D eigenvalue weighted by molar-refractivity contribution is 7.86. The summed E-state index contributed by atoms with van der Waals surface area (Å²) in [5, 5.41) is 4.63. The first-order chi connectivity index (χ1) is 25.7. The maximum Gasteiger partial charge on any atom is 0.283 e. The lowest BCUT2D eigenvalue weighted by Gasteiger charge is -2.27. The number of hydrogen-bond donors (Lipinski definition) is 1. The van der Waals surface area contributed by atoms with Crippen molar-refractivity contribution in [2.24, 2.45) is 0 Å². The van der Waals surface area contributed by atoms with Crippen molar-refractivity contribution in [2.45, 2.75) is 58.3 Å². The molecular weight excluding hydrogens is 719 g/mol. The fourth-order valence-corrected chi connectivity index (χ4v) is 9.37. The summed E-state index contributed by atoms with van der Waals surface area (Å²) in [5.74, 6) is -0.520. The lowest BCUT2D eigenvalue weighted by atomic mass is 9.79. The highest BCUT2D eigenvalue weighted by Crippen LogP contribution is 2.51. The van der Waals surface area contributed by atoms with Crippen LogP contribution in [0, 0.1) is 0 Å². The first kappa shape index (κ1) is 39.3. The molecule has 2 aliphatic heterocycles. The number of benzene rings is 4. The van der Waals surface area contributed by atoms with Crippen molar-refractivity contribution in [1.29, 1.82) is 0 Å². The Morgan fingerprint density at radius 1 is 0.759 bits per heavy atom. The lowest BCUT2D eigenvalue weighted by molar-refractivity contribution is -0.437. The second-order valence-electron chi connectivity index (χ2n) is 14.8. The minimum Gasteiger partial charge on any atom is -0.748 e. The van der Waals surface area contributed by atoms with Gasteiger partial charge in [0.05, 0.1) is 21.3 Å². The molecule has 0 aromatic heterocycles. The third kappa shape index (κ3) is 8.16. The minimum atomic E-state index is -4.32. The third-order valence-corrected chi connectivity index (χ3v) is 12.3. The van der Waals surface area contributed by atoms with Crippen molar-refractivity contribution < 1.29 is 30.2 Å². The van der Waals surface area contributed by atoms with Crippen LogP contribution in [0.5, 0.6) is 0 Å². The lowest BCUT2D eigenvalue weighted by Crippen LogP contribution is -2.29. The number of fused-ring (bicyclic) bond motifs is 6. The fraction of sp³-hybridized carbons (Fsp3) is 0.326. The van der Waals surface area contributed by atoms with Crippen LogP contribution in [0.2, 0.25) is 0 Å². The number of allylic oxidation sites excluding steroid dienone is 8. The molecule has 0 fully saturated rings. The van der Waals surface area contributed by atoms with Crippen molar-refractivity contribution in [3.05, 3.63) is 132 Å². The van der Waals surface area contributed by atoms with E-state index in [4.69, 9.17) is 4.28 Å². The Bertz CT molecular complexity index is 2440. The van der Waals surface area contributed by atoms with Crippen molar-refractivity contribution in [2.75, 3.05) is 36.0 Å². The Kier molecular flexibility index (Phi) is 11.5. The molecule has 0 spiro atoms. The van der Waals surface area contributed by atoms with Gasteiger partial charge in [0.25, 0.3) is 10.1 Å². The molecule has 0 saturated carbocycles. The quantitative estimate of drug-likeness (QED) is 0.0561. The molecule has 4 aromatic rings. The zero-order valence-corrected chi connectivity index (χ0v) is 33.2. The topological polar surface area (TPSA) is 119 Å². The van der Waals surface area contributed by atoms with E-state index in [1.165, 1.54) is 16.5 Å². The highest BCUT2D eigenvalue weighted by atomic mass is 32.2. The molecule has 0 aliphatic carbocycles. The Labute approximate surface area is 319 Å². The van der Waals surface area contributed by atoms with Crippen LogP contribution in [-0.2, 0) is 35.4 Å². The second-order valence-corrected chi connectivity index (χ2v) is 18.0. The van der Waals surface area contributed by atoms with E-state index in [-0.39, 0.29) is 23.0 Å². The van der Waals surface area contributed by atoms with Gasteiger partial charge in [-0.3, -0.25) is 0 Å². The van der Waals surface area contributed by atoms with Crippen LogP contribution in [0.15, 0.2) is 121 Å². The van der Waals surface area contributed by atoms with Gasteiger partial charge >= 0.3 is 0 Å². The van der Waals surface area contributed by atoms with Crippen LogP contribution in [0.1, 0.15) is 58.6 Å². The fourth-order valence-electron chi connectivity index (χ4n) is 8.03. The van der Waals surface area contributed by atoms with Crippen LogP contribution < -0.4 is 10.4 Å². The van der Waals surface area contributed by atoms with Gasteiger partial charge < -0.3 is 9.45 Å². The average molecular weight is 768 g/mol. The van der Waals surface area contributed by atoms with Gasteiger partial charge in [0.1, 0.15) is 6.54 Å². The molecule has 0 atom stereocenters. The van der Waals surface area contributed by atoms with Gasteiger partial charge in [-0.1, -0.05) is 106 Å². The molecule has 9 nitrogen and oxygen atoms in total. The SMILES string of the molecule is CCNOS(=O)(=O)CCCN1/C(=C/C=C/C=C/C=C/C2=[N+](CCCS(=O)(=O)[O-])c3ccc4ccccc4c3C2(C)C)C(C)(C)c2c1ccc1ccccc21. The molecule has 0 unspecified atom stereocenters. The largest absolute Gasteiger partial charge is 0.748 e. The van der Waals surface area contributed by atoms with Gasteiger partial charge in [-0.15, -0.1) is 0 Å². The highest BCUT2D eigenvalue weighted by Gasteiger charge is 2.45. The number of nitrogens with one attached hydrogen (secondary N) is 1. The van der Waals surface area contributed by atoms with E-state index in [1.54, 1.807) is 6.92 Å². The molecule has 1 N–H and O–H groups in total. The van der Waals surface area contributed by atoms with Gasteiger partial charge in [-0.05, 0) is 65.6 Å². The number of anilines is 1. The van der Waals surface area contributed by atoms with Gasteiger partial charge in [-0.2, -0.15) is 22.8 Å². The molecule has 284 valence electrons. The summed E-state index contributed by atoms with van der Waals surface area (Å²) >= 11 is 0. The Morgan fingerprint density at radius 3 is 2.07 bits per heavy atom. The predicted molar refractivity (Wildman–Crippen MR) is 219 cm³/mol. The molecule has 54 heavy (non-hydrogen) atoms. The van der Waals surface area contributed by atoms with Crippen LogP contribution in [0.4, 0.5) is 11.4 Å². The monoisotopic (exact) mass is 767 g/mol. The van der Waals surface area contributed by atoms with Crippen molar-refractivity contribution in [3.63, 3.8) is 0 Å². The van der Waals surface area contributed by atoms with E-state index in [9.17, 15) is 21.4 Å². The number of rotatable bonds is 15. The van der Waals surface area contributed by atoms with Crippen LogP contribution in [0.3, 0.4) is 0 Å². The van der Waals surface area contributed by atoms with Crippen LogP contribution in [0.25, 0.3) is 21.5 Å². The number of hydroxylamine groups is 1. The average Bonchev–Trinajstić information content (AvgIpc) is 3.48. The summed E-state index contributed by atoms with van der Waals surface area (Å²) in [6.45, 7) is 11.9. The first-order valence-corrected chi connectivity index (χ1v) is 21.6. The number of nitrogens with zero attached hydrogens (tertiary/aromatic N) is 2. The van der Waals surface area contributed by atoms with Crippen LogP contribution in [-0.4, -0.2) is 62.8 Å². The smallest absolute Gasteiger partial charge is 0.283 e. The molecule has 0 bridgehead atoms.